The molecule has 16 heavy (non-hydrogen) atoms. The third-order valence-electron chi connectivity index (χ3n) is 5.96. The fraction of sp³-hybridized carbons (Fsp3) is 0.933. The summed E-state index contributed by atoms with van der Waals surface area (Å²) in [6.07, 6.45) is 7.25. The summed E-state index contributed by atoms with van der Waals surface area (Å²) in [6.45, 7) is 7.22. The maximum atomic E-state index is 12.1. The number of hydrogen-bond donors (Lipinski definition) is 0. The van der Waals surface area contributed by atoms with Crippen molar-refractivity contribution >= 4 is 5.78 Å². The predicted octanol–water partition coefficient (Wildman–Crippen LogP) is 3.82. The van der Waals surface area contributed by atoms with Crippen LogP contribution in [-0.4, -0.2) is 5.78 Å². The molecule has 3 aliphatic carbocycles. The van der Waals surface area contributed by atoms with Crippen molar-refractivity contribution in [3.05, 3.63) is 0 Å². The minimum atomic E-state index is 0.430. The number of carbonyl (C=O) groups excluding carboxylic acids is 1. The zero-order chi connectivity index (χ0) is 11.6. The largest absolute Gasteiger partial charge is 0.299 e. The quantitative estimate of drug-likeness (QED) is 0.606. The molecule has 0 aromatic carbocycles. The van der Waals surface area contributed by atoms with Gasteiger partial charge in [-0.15, -0.1) is 0 Å². The van der Waals surface area contributed by atoms with Gasteiger partial charge in [0.1, 0.15) is 5.78 Å². The Bertz CT molecular complexity index is 330. The highest BCUT2D eigenvalue weighted by atomic mass is 16.1. The van der Waals surface area contributed by atoms with Crippen molar-refractivity contribution in [2.24, 2.45) is 28.6 Å². The molecule has 3 fully saturated rings. The molecule has 0 spiro atoms. The predicted molar refractivity (Wildman–Crippen MR) is 65.1 cm³/mol. The van der Waals surface area contributed by atoms with Crippen LogP contribution in [0.2, 0.25) is 0 Å². The van der Waals surface area contributed by atoms with E-state index in [0.717, 1.165) is 24.7 Å². The van der Waals surface area contributed by atoms with Crippen molar-refractivity contribution in [2.75, 3.05) is 0 Å². The zero-order valence-electron chi connectivity index (χ0n) is 10.9. The summed E-state index contributed by atoms with van der Waals surface area (Å²) in [6, 6.07) is 0. The van der Waals surface area contributed by atoms with Gasteiger partial charge in [0.25, 0.3) is 0 Å². The van der Waals surface area contributed by atoms with Crippen LogP contribution in [0.5, 0.6) is 0 Å². The van der Waals surface area contributed by atoms with E-state index in [1.807, 2.05) is 0 Å². The maximum Gasteiger partial charge on any atom is 0.136 e. The van der Waals surface area contributed by atoms with Crippen LogP contribution in [-0.2, 0) is 4.79 Å². The molecule has 0 N–H and O–H groups in total. The Morgan fingerprint density at radius 2 is 1.88 bits per heavy atom. The second-order valence-corrected chi connectivity index (χ2v) is 7.59. The molecule has 0 saturated heterocycles. The first-order chi connectivity index (χ1) is 7.41. The van der Waals surface area contributed by atoms with E-state index in [1.165, 1.54) is 25.7 Å². The highest BCUT2D eigenvalue weighted by molar-refractivity contribution is 5.82. The topological polar surface area (TPSA) is 17.1 Å². The molecule has 0 unspecified atom stereocenters. The number of rotatable bonds is 0. The summed E-state index contributed by atoms with van der Waals surface area (Å²) in [5.41, 5.74) is 1.00. The van der Waals surface area contributed by atoms with E-state index in [2.05, 4.69) is 20.8 Å². The van der Waals surface area contributed by atoms with E-state index in [1.54, 1.807) is 0 Å². The van der Waals surface area contributed by atoms with Gasteiger partial charge >= 0.3 is 0 Å². The number of Topliss-reactive ketones (excluding diaryl/α,β-unsaturated/α-hetero) is 1. The molecule has 1 nitrogen and oxygen atoms in total. The highest BCUT2D eigenvalue weighted by Crippen LogP contribution is 2.62. The average molecular weight is 220 g/mol. The van der Waals surface area contributed by atoms with Gasteiger partial charge in [-0.05, 0) is 54.8 Å². The molecule has 2 bridgehead atoms. The van der Waals surface area contributed by atoms with Crippen molar-refractivity contribution in [2.45, 2.75) is 59.3 Å². The van der Waals surface area contributed by atoms with Gasteiger partial charge in [0.2, 0.25) is 0 Å². The maximum absolute atomic E-state index is 12.1. The molecule has 1 heteroatoms. The van der Waals surface area contributed by atoms with Gasteiger partial charge in [-0.2, -0.15) is 0 Å². The Morgan fingerprint density at radius 3 is 2.56 bits per heavy atom. The summed E-state index contributed by atoms with van der Waals surface area (Å²) < 4.78 is 0. The lowest BCUT2D eigenvalue weighted by Gasteiger charge is -2.54. The summed E-state index contributed by atoms with van der Waals surface area (Å²) >= 11 is 0. The first-order valence-corrected chi connectivity index (χ1v) is 6.94. The zero-order valence-corrected chi connectivity index (χ0v) is 10.9. The molecule has 4 atom stereocenters. The monoisotopic (exact) mass is 220 g/mol. The van der Waals surface area contributed by atoms with Crippen LogP contribution in [0, 0.1) is 28.6 Å². The first kappa shape index (κ1) is 10.8. The van der Waals surface area contributed by atoms with Gasteiger partial charge < -0.3 is 0 Å². The van der Waals surface area contributed by atoms with E-state index in [4.69, 9.17) is 0 Å². The van der Waals surface area contributed by atoms with Gasteiger partial charge in [-0.3, -0.25) is 4.79 Å². The Morgan fingerprint density at radius 1 is 1.12 bits per heavy atom. The minimum Gasteiger partial charge on any atom is -0.299 e. The first-order valence-electron chi connectivity index (χ1n) is 6.94. The van der Waals surface area contributed by atoms with Crippen molar-refractivity contribution in [3.63, 3.8) is 0 Å². The van der Waals surface area contributed by atoms with Crippen LogP contribution in [0.1, 0.15) is 59.3 Å². The number of hydrogen-bond acceptors (Lipinski definition) is 1. The Hall–Kier alpha value is -0.330. The molecule has 0 aromatic heterocycles. The molecular formula is C15H24O. The van der Waals surface area contributed by atoms with Gasteiger partial charge in [-0.1, -0.05) is 20.8 Å². The van der Waals surface area contributed by atoms with E-state index in [-0.39, 0.29) is 0 Å². The van der Waals surface area contributed by atoms with Crippen LogP contribution in [0.3, 0.4) is 0 Å². The standard InChI is InChI=1S/C15H24O/c1-14(2)8-10-11-9-15(3,6-4-12(10)14)7-5-13(11)16/h10-12H,4-9H2,1-3H3/t10-,11-,12-,15+/m1/s1. The van der Waals surface area contributed by atoms with Crippen molar-refractivity contribution < 1.29 is 4.79 Å². The molecule has 0 aliphatic heterocycles. The van der Waals surface area contributed by atoms with Crippen molar-refractivity contribution in [1.82, 2.24) is 0 Å². The van der Waals surface area contributed by atoms with E-state index >= 15 is 0 Å². The van der Waals surface area contributed by atoms with Crippen LogP contribution in [0.4, 0.5) is 0 Å². The normalized spacial score (nSPS) is 50.2. The smallest absolute Gasteiger partial charge is 0.136 e. The SMILES string of the molecule is CC1(C)C[C@H]2[C@H]1CC[C@@]1(C)CCC(=O)[C@@H]2C1. The third-order valence-corrected chi connectivity index (χ3v) is 5.96. The average Bonchev–Trinajstić information content (AvgIpc) is 2.28. The summed E-state index contributed by atoms with van der Waals surface area (Å²) in [7, 11) is 0. The molecule has 0 amide bonds. The number of ketones is 1. The van der Waals surface area contributed by atoms with Crippen LogP contribution >= 0.6 is 0 Å². The van der Waals surface area contributed by atoms with Crippen LogP contribution in [0.15, 0.2) is 0 Å². The molecular weight excluding hydrogens is 196 g/mol. The fourth-order valence-corrected chi connectivity index (χ4v) is 4.83. The van der Waals surface area contributed by atoms with E-state index in [0.29, 0.717) is 22.5 Å². The van der Waals surface area contributed by atoms with Gasteiger partial charge in [0.05, 0.1) is 0 Å². The van der Waals surface area contributed by atoms with Gasteiger partial charge in [0, 0.05) is 12.3 Å². The summed E-state index contributed by atoms with van der Waals surface area (Å²) in [4.78, 5) is 12.1. The summed E-state index contributed by atoms with van der Waals surface area (Å²) in [5, 5.41) is 0. The molecule has 0 heterocycles. The molecule has 0 radical (unpaired) electrons. The van der Waals surface area contributed by atoms with Crippen molar-refractivity contribution in [3.8, 4) is 0 Å². The number of carbonyl (C=O) groups is 1. The molecule has 3 rings (SSSR count). The molecule has 0 aromatic rings. The molecule has 3 saturated carbocycles. The second-order valence-electron chi connectivity index (χ2n) is 7.59. The minimum absolute atomic E-state index is 0.430. The fourth-order valence-electron chi connectivity index (χ4n) is 4.83. The van der Waals surface area contributed by atoms with Crippen molar-refractivity contribution in [1.29, 1.82) is 0 Å². The van der Waals surface area contributed by atoms with Gasteiger partial charge in [-0.25, -0.2) is 0 Å². The number of fused-ring (bicyclic) bond motifs is 4. The van der Waals surface area contributed by atoms with Gasteiger partial charge in [0.15, 0.2) is 0 Å². The Labute approximate surface area is 99.0 Å². The third kappa shape index (κ3) is 1.39. The second kappa shape index (κ2) is 3.11. The lowest BCUT2D eigenvalue weighted by molar-refractivity contribution is -0.135. The van der Waals surface area contributed by atoms with Crippen LogP contribution in [0.25, 0.3) is 0 Å². The Balaban J connectivity index is 1.90. The highest BCUT2D eigenvalue weighted by Gasteiger charge is 2.56. The Kier molecular flexibility index (Phi) is 2.10. The molecule has 3 aliphatic rings. The van der Waals surface area contributed by atoms with E-state index < -0.39 is 0 Å². The lowest BCUT2D eigenvalue weighted by Crippen LogP contribution is -2.48. The lowest BCUT2D eigenvalue weighted by atomic mass is 9.50. The molecule has 90 valence electrons. The summed E-state index contributed by atoms with van der Waals surface area (Å²) in [5.74, 6) is 2.59. The van der Waals surface area contributed by atoms with E-state index in [9.17, 15) is 4.79 Å². The van der Waals surface area contributed by atoms with Crippen LogP contribution < -0.4 is 0 Å².